The van der Waals surface area contributed by atoms with Crippen molar-refractivity contribution in [2.24, 2.45) is 11.8 Å². The molecular formula is C35H49FN2O2. The van der Waals surface area contributed by atoms with E-state index < -0.39 is 6.10 Å². The molecule has 1 N–H and O–H groups in total. The van der Waals surface area contributed by atoms with Crippen molar-refractivity contribution >= 4 is 5.69 Å². The molecule has 2 aromatic carbocycles. The summed E-state index contributed by atoms with van der Waals surface area (Å²) in [4.78, 5) is 4.92. The Hall–Kier alpha value is -2.21. The number of hydrogen-bond acceptors (Lipinski definition) is 4. The number of allylic oxidation sites excluding steroid dienone is 2. The van der Waals surface area contributed by atoms with E-state index in [1.54, 1.807) is 24.8 Å². The lowest BCUT2D eigenvalue weighted by Crippen LogP contribution is -2.47. The van der Waals surface area contributed by atoms with Crippen molar-refractivity contribution in [2.45, 2.75) is 82.7 Å². The molecule has 2 aliphatic carbocycles. The van der Waals surface area contributed by atoms with Gasteiger partial charge in [0.05, 0.1) is 12.7 Å². The Balaban J connectivity index is 1.27. The minimum Gasteiger partial charge on any atom is -0.391 e. The Labute approximate surface area is 241 Å². The monoisotopic (exact) mass is 548 g/mol. The largest absolute Gasteiger partial charge is 0.391 e. The molecule has 1 heterocycles. The maximum absolute atomic E-state index is 14.3. The Bertz CT molecular complexity index is 1240. The molecule has 0 bridgehead atoms. The first-order valence-corrected chi connectivity index (χ1v) is 15.3. The highest BCUT2D eigenvalue weighted by atomic mass is 19.1. The molecule has 1 saturated carbocycles. The van der Waals surface area contributed by atoms with Gasteiger partial charge in [-0.3, -0.25) is 0 Å². The van der Waals surface area contributed by atoms with Crippen molar-refractivity contribution in [3.8, 4) is 0 Å². The van der Waals surface area contributed by atoms with Crippen LogP contribution in [0.5, 0.6) is 0 Å². The van der Waals surface area contributed by atoms with Crippen molar-refractivity contribution < 1.29 is 14.2 Å². The predicted octanol–water partition coefficient (Wildman–Crippen LogP) is 6.85. The zero-order valence-electron chi connectivity index (χ0n) is 25.5. The summed E-state index contributed by atoms with van der Waals surface area (Å²) >= 11 is 0. The number of nitrogens with zero attached hydrogens (tertiary/aromatic N) is 2. The van der Waals surface area contributed by atoms with Crippen LogP contribution in [0.2, 0.25) is 0 Å². The number of methoxy groups -OCH3 is 1. The smallest absolute Gasteiger partial charge is 0.123 e. The number of aliphatic hydroxyl groups excluding tert-OH is 1. The first-order valence-electron chi connectivity index (χ1n) is 15.3. The van der Waals surface area contributed by atoms with Gasteiger partial charge in [-0.2, -0.15) is 0 Å². The van der Waals surface area contributed by atoms with E-state index in [0.717, 1.165) is 57.2 Å². The summed E-state index contributed by atoms with van der Waals surface area (Å²) in [6.45, 7) is 9.41. The van der Waals surface area contributed by atoms with Gasteiger partial charge >= 0.3 is 0 Å². The standard InChI is InChI=1S/C35H49FN2O2/c1-24(2)35(26(21-28(39)23-40-6)14-13-25-20-27(36)15-16-29(25)35)17-19-37(4)18-9-12-33-31-22-34(31,3)30-10-7-8-11-32(30)38(33)5/h7-8,10-11,15-16,20,24,26,28,39H,9,12-14,17-19,21-23H2,1-6H3. The Morgan fingerprint density at radius 2 is 1.93 bits per heavy atom. The third-order valence-electron chi connectivity index (χ3n) is 10.6. The molecule has 5 rings (SSSR count). The molecule has 0 amide bonds. The van der Waals surface area contributed by atoms with Crippen molar-refractivity contribution in [3.63, 3.8) is 0 Å². The molecule has 0 spiro atoms. The van der Waals surface area contributed by atoms with Gasteiger partial charge in [-0.25, -0.2) is 4.39 Å². The van der Waals surface area contributed by atoms with Crippen LogP contribution in [0.4, 0.5) is 10.1 Å². The average Bonchev–Trinajstić information content (AvgIpc) is 3.62. The van der Waals surface area contributed by atoms with Crippen molar-refractivity contribution in [3.05, 3.63) is 76.2 Å². The minimum absolute atomic E-state index is 0.0992. The number of ether oxygens (including phenoxy) is 1. The number of anilines is 1. The minimum atomic E-state index is -0.479. The molecule has 4 atom stereocenters. The number of hydrogen-bond donors (Lipinski definition) is 1. The van der Waals surface area contributed by atoms with Gasteiger partial charge in [-0.05, 0) is 117 Å². The molecule has 4 unspecified atom stereocenters. The molecular weight excluding hydrogens is 499 g/mol. The number of aliphatic hydroxyl groups is 1. The normalized spacial score (nSPS) is 26.1. The molecule has 40 heavy (non-hydrogen) atoms. The fourth-order valence-electron chi connectivity index (χ4n) is 8.25. The molecule has 3 aliphatic rings. The molecule has 0 radical (unpaired) electrons. The number of rotatable bonds is 12. The van der Waals surface area contributed by atoms with E-state index in [4.69, 9.17) is 4.74 Å². The van der Waals surface area contributed by atoms with Crippen LogP contribution in [0.25, 0.3) is 0 Å². The van der Waals surface area contributed by atoms with E-state index in [9.17, 15) is 9.50 Å². The fourth-order valence-corrected chi connectivity index (χ4v) is 8.25. The van der Waals surface area contributed by atoms with Crippen LogP contribution in [0, 0.1) is 17.7 Å². The topological polar surface area (TPSA) is 35.9 Å². The molecule has 0 saturated heterocycles. The first-order chi connectivity index (χ1) is 19.1. The van der Waals surface area contributed by atoms with E-state index in [2.05, 4.69) is 68.9 Å². The van der Waals surface area contributed by atoms with Crippen LogP contribution in [0.15, 0.2) is 53.7 Å². The van der Waals surface area contributed by atoms with Crippen LogP contribution < -0.4 is 4.90 Å². The van der Waals surface area contributed by atoms with Crippen LogP contribution in [-0.2, 0) is 22.0 Å². The highest BCUT2D eigenvalue weighted by molar-refractivity contribution is 5.72. The molecule has 5 heteroatoms. The third kappa shape index (κ3) is 5.26. The second-order valence-electron chi connectivity index (χ2n) is 13.2. The van der Waals surface area contributed by atoms with Gasteiger partial charge in [0, 0.05) is 36.4 Å². The van der Waals surface area contributed by atoms with Crippen molar-refractivity contribution in [2.75, 3.05) is 45.8 Å². The third-order valence-corrected chi connectivity index (χ3v) is 10.6. The Morgan fingerprint density at radius 1 is 1.15 bits per heavy atom. The predicted molar refractivity (Wildman–Crippen MR) is 162 cm³/mol. The van der Waals surface area contributed by atoms with Gasteiger partial charge in [0.25, 0.3) is 0 Å². The van der Waals surface area contributed by atoms with E-state index in [1.165, 1.54) is 28.9 Å². The van der Waals surface area contributed by atoms with Crippen molar-refractivity contribution in [1.82, 2.24) is 4.90 Å². The van der Waals surface area contributed by atoms with Gasteiger partial charge in [0.2, 0.25) is 0 Å². The summed E-state index contributed by atoms with van der Waals surface area (Å²) in [7, 11) is 6.13. The summed E-state index contributed by atoms with van der Waals surface area (Å²) in [5.41, 5.74) is 8.56. The second-order valence-corrected chi connectivity index (χ2v) is 13.2. The summed E-state index contributed by atoms with van der Waals surface area (Å²) < 4.78 is 19.5. The van der Waals surface area contributed by atoms with Gasteiger partial charge in [-0.15, -0.1) is 0 Å². The SMILES string of the molecule is COCC(O)CC1CCc2cc(F)ccc2C1(CCN(C)CCCC1=C2CC2(C)c2ccccc2N1C)C(C)C. The van der Waals surface area contributed by atoms with Gasteiger partial charge in [0.1, 0.15) is 5.82 Å². The second kappa shape index (κ2) is 11.6. The molecule has 1 aliphatic heterocycles. The van der Waals surface area contributed by atoms with Gasteiger partial charge in [0.15, 0.2) is 0 Å². The first kappa shape index (κ1) is 29.3. The highest BCUT2D eigenvalue weighted by Crippen LogP contribution is 2.61. The lowest BCUT2D eigenvalue weighted by molar-refractivity contribution is 0.0214. The Kier molecular flexibility index (Phi) is 8.48. The van der Waals surface area contributed by atoms with Crippen LogP contribution in [0.1, 0.15) is 76.0 Å². The highest BCUT2D eigenvalue weighted by Gasteiger charge is 2.52. The maximum Gasteiger partial charge on any atom is 0.123 e. The van der Waals surface area contributed by atoms with E-state index >= 15 is 0 Å². The fraction of sp³-hybridized carbons (Fsp3) is 0.600. The zero-order chi connectivity index (χ0) is 28.7. The number of halogens is 1. The molecule has 0 aromatic heterocycles. The number of fused-ring (bicyclic) bond motifs is 4. The van der Waals surface area contributed by atoms with E-state index in [-0.39, 0.29) is 16.6 Å². The number of aryl methyl sites for hydroxylation is 1. The average molecular weight is 549 g/mol. The summed E-state index contributed by atoms with van der Waals surface area (Å²) in [5.74, 6) is 0.559. The van der Waals surface area contributed by atoms with Gasteiger partial charge in [-0.1, -0.05) is 45.0 Å². The lowest BCUT2D eigenvalue weighted by atomic mass is 9.55. The molecule has 2 aromatic rings. The lowest BCUT2D eigenvalue weighted by Gasteiger charge is -2.50. The van der Waals surface area contributed by atoms with Crippen molar-refractivity contribution in [1.29, 1.82) is 0 Å². The molecule has 1 fully saturated rings. The maximum atomic E-state index is 14.3. The van der Waals surface area contributed by atoms with Gasteiger partial charge < -0.3 is 19.6 Å². The molecule has 4 nitrogen and oxygen atoms in total. The number of benzene rings is 2. The molecule has 218 valence electrons. The Morgan fingerprint density at radius 3 is 2.67 bits per heavy atom. The van der Waals surface area contributed by atoms with Crippen LogP contribution in [-0.4, -0.2) is 57.0 Å². The summed E-state index contributed by atoms with van der Waals surface area (Å²) in [6, 6.07) is 14.3. The van der Waals surface area contributed by atoms with Crippen LogP contribution in [0.3, 0.4) is 0 Å². The summed E-state index contributed by atoms with van der Waals surface area (Å²) in [5, 5.41) is 10.7. The summed E-state index contributed by atoms with van der Waals surface area (Å²) in [6.07, 6.45) is 6.50. The van der Waals surface area contributed by atoms with Crippen LogP contribution >= 0.6 is 0 Å². The van der Waals surface area contributed by atoms with E-state index in [0.29, 0.717) is 18.4 Å². The zero-order valence-corrected chi connectivity index (χ0v) is 25.5. The number of para-hydroxylation sites is 1. The van der Waals surface area contributed by atoms with E-state index in [1.807, 2.05) is 6.07 Å². The quantitative estimate of drug-likeness (QED) is 0.315.